The van der Waals surface area contributed by atoms with E-state index in [0.717, 1.165) is 44.6 Å². The van der Waals surface area contributed by atoms with Gasteiger partial charge < -0.3 is 5.11 Å². The number of carboxylic acids is 1. The minimum atomic E-state index is -0.716. The quantitative estimate of drug-likeness (QED) is 0.845. The Labute approximate surface area is 113 Å². The molecule has 0 aromatic carbocycles. The normalized spacial score (nSPS) is 20.6. The first-order valence-corrected chi connectivity index (χ1v) is 7.03. The smallest absolute Gasteiger partial charge is 0.304 e. The number of rotatable bonds is 6. The molecule has 1 aliphatic rings. The van der Waals surface area contributed by atoms with E-state index in [2.05, 4.69) is 21.9 Å². The fourth-order valence-electron chi connectivity index (χ4n) is 2.69. The van der Waals surface area contributed by atoms with Gasteiger partial charge in [-0.25, -0.2) is 9.67 Å². The second-order valence-corrected chi connectivity index (χ2v) is 5.12. The molecule has 1 aromatic rings. The van der Waals surface area contributed by atoms with Crippen molar-refractivity contribution in [2.75, 3.05) is 6.54 Å². The van der Waals surface area contributed by atoms with Crippen molar-refractivity contribution in [1.29, 1.82) is 0 Å². The van der Waals surface area contributed by atoms with Crippen molar-refractivity contribution < 1.29 is 9.90 Å². The maximum atomic E-state index is 10.9. The Balaban J connectivity index is 2.02. The van der Waals surface area contributed by atoms with Gasteiger partial charge in [-0.2, -0.15) is 5.10 Å². The monoisotopic (exact) mass is 266 g/mol. The number of aromatic nitrogens is 3. The average molecular weight is 266 g/mol. The summed E-state index contributed by atoms with van der Waals surface area (Å²) < 4.78 is 1.92. The largest absolute Gasteiger partial charge is 0.481 e. The fourth-order valence-corrected chi connectivity index (χ4v) is 2.69. The topological polar surface area (TPSA) is 71.2 Å². The van der Waals surface area contributed by atoms with Crippen LogP contribution in [0.5, 0.6) is 0 Å². The number of nitrogens with zero attached hydrogens (tertiary/aromatic N) is 4. The van der Waals surface area contributed by atoms with Crippen LogP contribution in [-0.2, 0) is 17.9 Å². The number of piperidine rings is 1. The minimum absolute atomic E-state index is 0.137. The van der Waals surface area contributed by atoms with E-state index < -0.39 is 5.97 Å². The van der Waals surface area contributed by atoms with Crippen LogP contribution < -0.4 is 0 Å². The molecule has 0 radical (unpaired) electrons. The van der Waals surface area contributed by atoms with Crippen LogP contribution in [0.2, 0.25) is 0 Å². The second kappa shape index (κ2) is 6.65. The van der Waals surface area contributed by atoms with Crippen molar-refractivity contribution in [3.8, 4) is 0 Å². The lowest BCUT2D eigenvalue weighted by atomic mass is 9.99. The van der Waals surface area contributed by atoms with E-state index >= 15 is 0 Å². The molecule has 1 fully saturated rings. The van der Waals surface area contributed by atoms with Crippen molar-refractivity contribution in [2.24, 2.45) is 0 Å². The highest BCUT2D eigenvalue weighted by molar-refractivity contribution is 5.67. The Hall–Kier alpha value is -1.43. The molecule has 19 heavy (non-hydrogen) atoms. The van der Waals surface area contributed by atoms with E-state index in [1.54, 1.807) is 6.33 Å². The Morgan fingerprint density at radius 3 is 3.11 bits per heavy atom. The van der Waals surface area contributed by atoms with Crippen LogP contribution in [-0.4, -0.2) is 43.3 Å². The van der Waals surface area contributed by atoms with Crippen LogP contribution in [0.4, 0.5) is 0 Å². The molecular formula is C13H22N4O2. The fraction of sp³-hybridized carbons (Fsp3) is 0.769. The Kier molecular flexibility index (Phi) is 4.90. The molecule has 1 unspecified atom stereocenters. The summed E-state index contributed by atoms with van der Waals surface area (Å²) >= 11 is 0. The van der Waals surface area contributed by atoms with E-state index in [1.807, 2.05) is 4.68 Å². The number of carbonyl (C=O) groups is 1. The highest BCUT2D eigenvalue weighted by Crippen LogP contribution is 2.21. The Morgan fingerprint density at radius 1 is 1.53 bits per heavy atom. The average Bonchev–Trinajstić information content (AvgIpc) is 2.79. The Morgan fingerprint density at radius 2 is 2.37 bits per heavy atom. The van der Waals surface area contributed by atoms with E-state index in [4.69, 9.17) is 5.11 Å². The van der Waals surface area contributed by atoms with Gasteiger partial charge in [0.2, 0.25) is 0 Å². The lowest BCUT2D eigenvalue weighted by Gasteiger charge is -2.34. The summed E-state index contributed by atoms with van der Waals surface area (Å²) in [7, 11) is 0. The third-order valence-electron chi connectivity index (χ3n) is 3.63. The summed E-state index contributed by atoms with van der Waals surface area (Å²) in [4.78, 5) is 17.5. The van der Waals surface area contributed by atoms with Crippen LogP contribution in [0.25, 0.3) is 0 Å². The maximum absolute atomic E-state index is 10.9. The van der Waals surface area contributed by atoms with Crippen molar-refractivity contribution in [1.82, 2.24) is 19.7 Å². The SMILES string of the molecule is CCCn1ncnc1CN1CCCCC1CC(=O)O. The molecule has 1 aromatic heterocycles. The van der Waals surface area contributed by atoms with Crippen molar-refractivity contribution >= 4 is 5.97 Å². The van der Waals surface area contributed by atoms with Gasteiger partial charge in [0.15, 0.2) is 0 Å². The summed E-state index contributed by atoms with van der Waals surface area (Å²) in [5, 5.41) is 13.2. The van der Waals surface area contributed by atoms with Crippen molar-refractivity contribution in [2.45, 2.75) is 58.2 Å². The van der Waals surface area contributed by atoms with E-state index in [9.17, 15) is 4.79 Å². The van der Waals surface area contributed by atoms with Gasteiger partial charge in [0.05, 0.1) is 13.0 Å². The van der Waals surface area contributed by atoms with E-state index in [-0.39, 0.29) is 12.5 Å². The summed E-state index contributed by atoms with van der Waals surface area (Å²) in [6, 6.07) is 0.137. The Bertz CT molecular complexity index is 419. The molecule has 106 valence electrons. The van der Waals surface area contributed by atoms with Gasteiger partial charge >= 0.3 is 5.97 Å². The molecule has 0 spiro atoms. The molecule has 2 rings (SSSR count). The van der Waals surface area contributed by atoms with Gasteiger partial charge in [-0.1, -0.05) is 13.3 Å². The van der Waals surface area contributed by atoms with Gasteiger partial charge in [0, 0.05) is 12.6 Å². The first-order valence-electron chi connectivity index (χ1n) is 7.03. The van der Waals surface area contributed by atoms with E-state index in [1.165, 1.54) is 0 Å². The third kappa shape index (κ3) is 3.76. The number of carboxylic acid groups (broad SMARTS) is 1. The maximum Gasteiger partial charge on any atom is 0.304 e. The lowest BCUT2D eigenvalue weighted by Crippen LogP contribution is -2.40. The predicted molar refractivity (Wildman–Crippen MR) is 70.6 cm³/mol. The molecule has 6 heteroatoms. The summed E-state index contributed by atoms with van der Waals surface area (Å²) in [5.41, 5.74) is 0. The zero-order chi connectivity index (χ0) is 13.7. The number of aryl methyl sites for hydroxylation is 1. The molecule has 2 heterocycles. The second-order valence-electron chi connectivity index (χ2n) is 5.12. The van der Waals surface area contributed by atoms with Crippen LogP contribution >= 0.6 is 0 Å². The van der Waals surface area contributed by atoms with Gasteiger partial charge in [-0.15, -0.1) is 0 Å². The standard InChI is InChI=1S/C13H22N4O2/c1-2-6-17-12(14-10-15-17)9-16-7-4-3-5-11(16)8-13(18)19/h10-11H,2-9H2,1H3,(H,18,19). The molecule has 0 bridgehead atoms. The molecule has 1 N–H and O–H groups in total. The summed E-state index contributed by atoms with van der Waals surface area (Å²) in [6.07, 6.45) is 6.06. The van der Waals surface area contributed by atoms with Gasteiger partial charge in [0.1, 0.15) is 12.2 Å². The molecule has 1 saturated heterocycles. The zero-order valence-electron chi connectivity index (χ0n) is 11.5. The number of likely N-dealkylation sites (tertiary alicyclic amines) is 1. The van der Waals surface area contributed by atoms with Crippen molar-refractivity contribution in [3.63, 3.8) is 0 Å². The molecule has 1 atom stereocenters. The van der Waals surface area contributed by atoms with Gasteiger partial charge in [-0.3, -0.25) is 9.69 Å². The van der Waals surface area contributed by atoms with E-state index in [0.29, 0.717) is 6.54 Å². The van der Waals surface area contributed by atoms with Crippen LogP contribution in [0, 0.1) is 0 Å². The third-order valence-corrected chi connectivity index (χ3v) is 3.63. The molecule has 0 saturated carbocycles. The number of hydrogen-bond acceptors (Lipinski definition) is 4. The summed E-state index contributed by atoms with van der Waals surface area (Å²) in [6.45, 7) is 4.64. The van der Waals surface area contributed by atoms with Crippen LogP contribution in [0.1, 0.15) is 44.9 Å². The summed E-state index contributed by atoms with van der Waals surface area (Å²) in [5.74, 6) is 0.228. The molecule has 0 aliphatic carbocycles. The van der Waals surface area contributed by atoms with Crippen LogP contribution in [0.3, 0.4) is 0 Å². The highest BCUT2D eigenvalue weighted by atomic mass is 16.4. The zero-order valence-corrected chi connectivity index (χ0v) is 11.5. The molecule has 0 amide bonds. The van der Waals surface area contributed by atoms with Crippen molar-refractivity contribution in [3.05, 3.63) is 12.2 Å². The molecular weight excluding hydrogens is 244 g/mol. The molecule has 1 aliphatic heterocycles. The first kappa shape index (κ1) is 14.0. The number of aliphatic carboxylic acids is 1. The number of hydrogen-bond donors (Lipinski definition) is 1. The lowest BCUT2D eigenvalue weighted by molar-refractivity contribution is -0.138. The highest BCUT2D eigenvalue weighted by Gasteiger charge is 2.25. The van der Waals surface area contributed by atoms with Gasteiger partial charge in [-0.05, 0) is 25.8 Å². The first-order chi connectivity index (χ1) is 9.20. The predicted octanol–water partition coefficient (Wildman–Crippen LogP) is 1.52. The minimum Gasteiger partial charge on any atom is -0.481 e. The van der Waals surface area contributed by atoms with Crippen LogP contribution in [0.15, 0.2) is 6.33 Å². The van der Waals surface area contributed by atoms with Gasteiger partial charge in [0.25, 0.3) is 0 Å². The molecule has 6 nitrogen and oxygen atoms in total.